The van der Waals surface area contributed by atoms with Gasteiger partial charge in [0.25, 0.3) is 0 Å². The topological polar surface area (TPSA) is 52.9 Å². The maximum Gasteiger partial charge on any atom is 0.0900 e. The first kappa shape index (κ1) is 17.2. The second-order valence-electron chi connectivity index (χ2n) is 6.80. The number of rotatable bonds is 8. The molecule has 1 saturated heterocycles. The van der Waals surface area contributed by atoms with Crippen molar-refractivity contribution >= 4 is 0 Å². The smallest absolute Gasteiger partial charge is 0.0900 e. The molecular weight excluding hydrogens is 266 g/mol. The molecule has 1 aliphatic carbocycles. The zero-order valence-corrected chi connectivity index (χ0v) is 13.5. The molecule has 1 saturated carbocycles. The fraction of sp³-hybridized carbons (Fsp3) is 1.00. The Morgan fingerprint density at radius 1 is 1.19 bits per heavy atom. The van der Waals surface area contributed by atoms with Gasteiger partial charge in [0.2, 0.25) is 0 Å². The molecule has 0 aromatic heterocycles. The predicted molar refractivity (Wildman–Crippen MR) is 84.3 cm³/mol. The summed E-state index contributed by atoms with van der Waals surface area (Å²) >= 11 is 0. The Morgan fingerprint density at radius 2 is 2.00 bits per heavy atom. The Hall–Kier alpha value is -0.160. The van der Waals surface area contributed by atoms with Crippen molar-refractivity contribution in [1.29, 1.82) is 0 Å². The molecule has 0 radical (unpaired) electrons. The van der Waals surface area contributed by atoms with E-state index in [1.165, 1.54) is 19.3 Å². The molecule has 1 aliphatic heterocycles. The van der Waals surface area contributed by atoms with Crippen LogP contribution >= 0.6 is 0 Å². The Bertz CT molecular complexity index is 287. The normalized spacial score (nSPS) is 32.4. The second-order valence-corrected chi connectivity index (χ2v) is 6.80. The van der Waals surface area contributed by atoms with E-state index in [0.29, 0.717) is 25.1 Å². The van der Waals surface area contributed by atoms with Crippen LogP contribution in [0.5, 0.6) is 0 Å². The fourth-order valence-corrected chi connectivity index (χ4v) is 3.94. The maximum absolute atomic E-state index is 10.3. The van der Waals surface area contributed by atoms with Gasteiger partial charge in [-0.15, -0.1) is 0 Å². The summed E-state index contributed by atoms with van der Waals surface area (Å²) in [5.41, 5.74) is 0. The standard InChI is InChI=1S/C17H33NO3/c1-2-3-11-21-13-14(19)12-18-10-6-8-16(18)15-7-4-5-9-17(15)20/h14-17,19-20H,2-13H2,1H3. The molecule has 0 aromatic rings. The van der Waals surface area contributed by atoms with Gasteiger partial charge in [0, 0.05) is 25.1 Å². The van der Waals surface area contributed by atoms with Crippen LogP contribution < -0.4 is 0 Å². The Morgan fingerprint density at radius 3 is 2.76 bits per heavy atom. The third kappa shape index (κ3) is 5.20. The first-order chi connectivity index (χ1) is 10.2. The summed E-state index contributed by atoms with van der Waals surface area (Å²) in [6.45, 7) is 5.08. The minimum atomic E-state index is -0.400. The summed E-state index contributed by atoms with van der Waals surface area (Å²) in [4.78, 5) is 2.40. The SMILES string of the molecule is CCCCOCC(O)CN1CCCC1C1CCCCC1O. The molecule has 4 atom stereocenters. The van der Waals surface area contributed by atoms with E-state index in [-0.39, 0.29) is 6.10 Å². The average molecular weight is 299 g/mol. The molecule has 0 spiro atoms. The zero-order valence-electron chi connectivity index (χ0n) is 13.5. The fourth-order valence-electron chi connectivity index (χ4n) is 3.94. The number of nitrogens with zero attached hydrogens (tertiary/aromatic N) is 1. The lowest BCUT2D eigenvalue weighted by Crippen LogP contribution is -2.45. The highest BCUT2D eigenvalue weighted by Gasteiger charge is 2.37. The lowest BCUT2D eigenvalue weighted by molar-refractivity contribution is -0.0127. The van der Waals surface area contributed by atoms with Crippen LogP contribution in [0, 0.1) is 5.92 Å². The minimum absolute atomic E-state index is 0.137. The van der Waals surface area contributed by atoms with Gasteiger partial charge >= 0.3 is 0 Å². The second kappa shape index (κ2) is 9.09. The number of unbranched alkanes of at least 4 members (excludes halogenated alkanes) is 1. The highest BCUT2D eigenvalue weighted by molar-refractivity contribution is 4.91. The van der Waals surface area contributed by atoms with Crippen molar-refractivity contribution in [3.63, 3.8) is 0 Å². The van der Waals surface area contributed by atoms with Gasteiger partial charge in [-0.3, -0.25) is 4.90 Å². The predicted octanol–water partition coefficient (Wildman–Crippen LogP) is 2.18. The summed E-state index contributed by atoms with van der Waals surface area (Å²) < 4.78 is 5.52. The minimum Gasteiger partial charge on any atom is -0.393 e. The van der Waals surface area contributed by atoms with Crippen molar-refractivity contribution < 1.29 is 14.9 Å². The van der Waals surface area contributed by atoms with Crippen molar-refractivity contribution in [3.8, 4) is 0 Å². The van der Waals surface area contributed by atoms with Crippen LogP contribution in [0.1, 0.15) is 58.3 Å². The number of hydrogen-bond donors (Lipinski definition) is 2. The summed E-state index contributed by atoms with van der Waals surface area (Å²) in [5.74, 6) is 0.412. The van der Waals surface area contributed by atoms with Crippen molar-refractivity contribution in [2.24, 2.45) is 5.92 Å². The van der Waals surface area contributed by atoms with Gasteiger partial charge < -0.3 is 14.9 Å². The number of hydrogen-bond acceptors (Lipinski definition) is 4. The molecule has 1 heterocycles. The lowest BCUT2D eigenvalue weighted by Gasteiger charge is -2.37. The van der Waals surface area contributed by atoms with Gasteiger partial charge in [-0.05, 0) is 38.6 Å². The summed E-state index contributed by atoms with van der Waals surface area (Å²) in [5, 5.41) is 20.4. The van der Waals surface area contributed by atoms with Gasteiger partial charge in [-0.1, -0.05) is 26.2 Å². The molecular formula is C17H33NO3. The number of aliphatic hydroxyl groups excluding tert-OH is 2. The van der Waals surface area contributed by atoms with Crippen LogP contribution in [-0.4, -0.2) is 59.7 Å². The maximum atomic E-state index is 10.3. The van der Waals surface area contributed by atoms with Gasteiger partial charge in [-0.2, -0.15) is 0 Å². The van der Waals surface area contributed by atoms with E-state index in [9.17, 15) is 10.2 Å². The van der Waals surface area contributed by atoms with Gasteiger partial charge in [0.1, 0.15) is 0 Å². The number of aliphatic hydroxyl groups is 2. The molecule has 2 aliphatic rings. The van der Waals surface area contributed by atoms with Gasteiger partial charge in [0.15, 0.2) is 0 Å². The van der Waals surface area contributed by atoms with Gasteiger partial charge in [-0.25, -0.2) is 0 Å². The monoisotopic (exact) mass is 299 g/mol. The summed E-state index contributed by atoms with van der Waals surface area (Å²) in [6, 6.07) is 0.464. The first-order valence-electron chi connectivity index (χ1n) is 8.90. The Labute approximate surface area is 129 Å². The van der Waals surface area contributed by atoms with E-state index in [0.717, 1.165) is 45.3 Å². The third-order valence-corrected chi connectivity index (χ3v) is 5.09. The first-order valence-corrected chi connectivity index (χ1v) is 8.90. The number of ether oxygens (including phenoxy) is 1. The molecule has 2 rings (SSSR count). The lowest BCUT2D eigenvalue weighted by atomic mass is 9.80. The van der Waals surface area contributed by atoms with E-state index < -0.39 is 6.10 Å². The molecule has 4 unspecified atom stereocenters. The molecule has 4 heteroatoms. The van der Waals surface area contributed by atoms with Crippen molar-refractivity contribution in [2.45, 2.75) is 76.5 Å². The van der Waals surface area contributed by atoms with Crippen molar-refractivity contribution in [1.82, 2.24) is 4.90 Å². The third-order valence-electron chi connectivity index (χ3n) is 5.09. The van der Waals surface area contributed by atoms with E-state index in [2.05, 4.69) is 11.8 Å². The molecule has 2 N–H and O–H groups in total. The summed E-state index contributed by atoms with van der Waals surface area (Å²) in [6.07, 6.45) is 8.53. The highest BCUT2D eigenvalue weighted by atomic mass is 16.5. The molecule has 21 heavy (non-hydrogen) atoms. The van der Waals surface area contributed by atoms with E-state index in [1.54, 1.807) is 0 Å². The van der Waals surface area contributed by atoms with Crippen LogP contribution in [0.3, 0.4) is 0 Å². The zero-order chi connectivity index (χ0) is 15.1. The molecule has 2 fully saturated rings. The molecule has 4 nitrogen and oxygen atoms in total. The van der Waals surface area contributed by atoms with Crippen LogP contribution in [-0.2, 0) is 4.74 Å². The quantitative estimate of drug-likeness (QED) is 0.675. The molecule has 0 amide bonds. The largest absolute Gasteiger partial charge is 0.393 e. The van der Waals surface area contributed by atoms with E-state index in [1.807, 2.05) is 0 Å². The van der Waals surface area contributed by atoms with Crippen molar-refractivity contribution in [2.75, 3.05) is 26.3 Å². The Balaban J connectivity index is 1.75. The van der Waals surface area contributed by atoms with Crippen LogP contribution in [0.25, 0.3) is 0 Å². The Kier molecular flexibility index (Phi) is 7.44. The van der Waals surface area contributed by atoms with Crippen LogP contribution in [0.4, 0.5) is 0 Å². The molecule has 0 bridgehead atoms. The van der Waals surface area contributed by atoms with Gasteiger partial charge in [0.05, 0.1) is 18.8 Å². The van der Waals surface area contributed by atoms with Crippen molar-refractivity contribution in [3.05, 3.63) is 0 Å². The molecule has 124 valence electrons. The number of likely N-dealkylation sites (tertiary alicyclic amines) is 1. The number of β-amino-alcohol motifs (C(OH)–C–C–N with tert-alkyl or cyclic N) is 1. The van der Waals surface area contributed by atoms with Crippen LogP contribution in [0.2, 0.25) is 0 Å². The van der Waals surface area contributed by atoms with Crippen LogP contribution in [0.15, 0.2) is 0 Å². The summed E-state index contributed by atoms with van der Waals surface area (Å²) in [7, 11) is 0. The van der Waals surface area contributed by atoms with E-state index in [4.69, 9.17) is 4.74 Å². The highest BCUT2D eigenvalue weighted by Crippen LogP contribution is 2.34. The van der Waals surface area contributed by atoms with E-state index >= 15 is 0 Å². The average Bonchev–Trinajstić information content (AvgIpc) is 2.92. The molecule has 0 aromatic carbocycles.